The third kappa shape index (κ3) is 6.28. The summed E-state index contributed by atoms with van der Waals surface area (Å²) >= 11 is 0. The quantitative estimate of drug-likeness (QED) is 0.310. The highest BCUT2D eigenvalue weighted by Crippen LogP contribution is 2.32. The molecule has 38 heavy (non-hydrogen) atoms. The monoisotopic (exact) mass is 540 g/mol. The highest BCUT2D eigenvalue weighted by Gasteiger charge is 2.52. The third-order valence-electron chi connectivity index (χ3n) is 6.01. The number of carbonyl (C=O) groups is 2. The van der Waals surface area contributed by atoms with Gasteiger partial charge in [-0.05, 0) is 50.2 Å². The van der Waals surface area contributed by atoms with Crippen LogP contribution in [-0.2, 0) is 33.2 Å². The second kappa shape index (κ2) is 11.9. The Labute approximate surface area is 221 Å². The summed E-state index contributed by atoms with van der Waals surface area (Å²) in [5, 5.41) is 0. The Hall–Kier alpha value is -3.57. The first-order valence-corrected chi connectivity index (χ1v) is 13.3. The smallest absolute Gasteiger partial charge is 0.338 e. The number of aryl methyl sites for hydroxylation is 1. The number of hydrogen-bond donors (Lipinski definition) is 0. The molecule has 1 saturated heterocycles. The fourth-order valence-corrected chi connectivity index (χ4v) is 5.13. The molecular formula is C28H28O9S. The second-order valence-electron chi connectivity index (χ2n) is 8.75. The summed E-state index contributed by atoms with van der Waals surface area (Å²) < 4.78 is 54.7. The minimum atomic E-state index is -4.32. The first-order chi connectivity index (χ1) is 18.2. The van der Waals surface area contributed by atoms with Gasteiger partial charge in [-0.25, -0.2) is 9.59 Å². The summed E-state index contributed by atoms with van der Waals surface area (Å²) in [5.74, 6) is -1.50. The zero-order chi connectivity index (χ0) is 27.3. The van der Waals surface area contributed by atoms with E-state index in [1.807, 2.05) is 6.92 Å². The van der Waals surface area contributed by atoms with Gasteiger partial charge in [0.1, 0.15) is 6.10 Å². The molecule has 0 bridgehead atoms. The van der Waals surface area contributed by atoms with Crippen LogP contribution in [0.3, 0.4) is 0 Å². The number of rotatable bonds is 8. The molecule has 5 atom stereocenters. The Kier molecular flexibility index (Phi) is 8.58. The molecule has 4 rings (SSSR count). The molecule has 200 valence electrons. The molecule has 10 heteroatoms. The van der Waals surface area contributed by atoms with Crippen LogP contribution in [0.4, 0.5) is 0 Å². The average Bonchev–Trinajstić information content (AvgIpc) is 2.93. The fraction of sp³-hybridized carbons (Fsp3) is 0.286. The minimum absolute atomic E-state index is 0.0878. The van der Waals surface area contributed by atoms with Crippen molar-refractivity contribution >= 4 is 22.1 Å². The molecule has 1 heterocycles. The molecule has 0 N–H and O–H groups in total. The molecule has 1 aliphatic heterocycles. The van der Waals surface area contributed by atoms with Crippen LogP contribution < -0.4 is 0 Å². The zero-order valence-corrected chi connectivity index (χ0v) is 21.9. The van der Waals surface area contributed by atoms with Crippen molar-refractivity contribution in [3.8, 4) is 0 Å². The van der Waals surface area contributed by atoms with Crippen molar-refractivity contribution < 1.29 is 41.1 Å². The van der Waals surface area contributed by atoms with Crippen LogP contribution >= 0.6 is 0 Å². The van der Waals surface area contributed by atoms with E-state index in [4.69, 9.17) is 23.1 Å². The molecular weight excluding hydrogens is 512 g/mol. The predicted octanol–water partition coefficient (Wildman–Crippen LogP) is 3.91. The summed E-state index contributed by atoms with van der Waals surface area (Å²) in [6.45, 7) is 3.38. The predicted molar refractivity (Wildman–Crippen MR) is 136 cm³/mol. The van der Waals surface area contributed by atoms with Crippen molar-refractivity contribution in [2.24, 2.45) is 0 Å². The Morgan fingerprint density at radius 2 is 1.24 bits per heavy atom. The highest BCUT2D eigenvalue weighted by molar-refractivity contribution is 7.86. The lowest BCUT2D eigenvalue weighted by Gasteiger charge is -2.43. The van der Waals surface area contributed by atoms with E-state index >= 15 is 0 Å². The normalized spacial score (nSPS) is 23.4. The number of esters is 2. The lowest BCUT2D eigenvalue weighted by Crippen LogP contribution is -2.61. The summed E-state index contributed by atoms with van der Waals surface area (Å²) in [6.07, 6.45) is -6.22. The van der Waals surface area contributed by atoms with Gasteiger partial charge in [-0.1, -0.05) is 54.1 Å². The van der Waals surface area contributed by atoms with Gasteiger partial charge in [-0.2, -0.15) is 8.42 Å². The molecule has 1 aliphatic rings. The molecule has 9 nitrogen and oxygen atoms in total. The van der Waals surface area contributed by atoms with Crippen LogP contribution in [0, 0.1) is 6.92 Å². The Bertz CT molecular complexity index is 1340. The van der Waals surface area contributed by atoms with E-state index < -0.39 is 52.8 Å². The van der Waals surface area contributed by atoms with Crippen molar-refractivity contribution in [2.45, 2.75) is 49.4 Å². The first kappa shape index (κ1) is 27.5. The number of benzene rings is 3. The lowest BCUT2D eigenvalue weighted by atomic mass is 9.99. The molecule has 0 spiro atoms. The third-order valence-corrected chi connectivity index (χ3v) is 7.34. The number of hydrogen-bond acceptors (Lipinski definition) is 9. The van der Waals surface area contributed by atoms with Crippen molar-refractivity contribution in [1.29, 1.82) is 0 Å². The SMILES string of the molecule is CO[C@H]1O[C@H](C)[C@@H](OS(=O)(=O)c2ccc(C)cc2)[C@H](OC(=O)c2ccccc2)[C@@H]1OC(=O)c1ccccc1. The maximum absolute atomic E-state index is 13.2. The van der Waals surface area contributed by atoms with Gasteiger partial charge in [-0.15, -0.1) is 0 Å². The van der Waals surface area contributed by atoms with Gasteiger partial charge in [0.15, 0.2) is 18.5 Å². The molecule has 0 radical (unpaired) electrons. The van der Waals surface area contributed by atoms with Gasteiger partial charge in [0, 0.05) is 7.11 Å². The van der Waals surface area contributed by atoms with Gasteiger partial charge < -0.3 is 18.9 Å². The van der Waals surface area contributed by atoms with Gasteiger partial charge >= 0.3 is 11.9 Å². The molecule has 3 aromatic rings. The van der Waals surface area contributed by atoms with Gasteiger partial charge in [-0.3, -0.25) is 4.18 Å². The molecule has 3 aromatic carbocycles. The van der Waals surface area contributed by atoms with Crippen LogP contribution in [0.15, 0.2) is 89.8 Å². The second-order valence-corrected chi connectivity index (χ2v) is 10.3. The number of methoxy groups -OCH3 is 1. The summed E-state index contributed by atoms with van der Waals surface area (Å²) in [4.78, 5) is 26.0. The fourth-order valence-electron chi connectivity index (χ4n) is 3.99. The standard InChI is InChI=1S/C28H28O9S/c1-18-14-16-22(17-15-18)38(31,32)37-23-19(2)34-28(33-3)25(36-27(30)21-12-8-5-9-13-21)24(23)35-26(29)20-10-6-4-7-11-20/h4-17,19,23-25,28H,1-3H3/t19-,23-,24+,25+,28+/m1/s1. The van der Waals surface area contributed by atoms with E-state index in [0.29, 0.717) is 0 Å². The minimum Gasteiger partial charge on any atom is -0.452 e. The van der Waals surface area contributed by atoms with E-state index in [1.54, 1.807) is 79.7 Å². The van der Waals surface area contributed by atoms with E-state index in [0.717, 1.165) is 5.56 Å². The van der Waals surface area contributed by atoms with E-state index in [-0.39, 0.29) is 16.0 Å². The molecule has 1 fully saturated rings. The van der Waals surface area contributed by atoms with E-state index in [2.05, 4.69) is 0 Å². The van der Waals surface area contributed by atoms with Crippen LogP contribution in [0.1, 0.15) is 33.2 Å². The summed E-state index contributed by atoms with van der Waals surface area (Å²) in [5.41, 5.74) is 1.32. The van der Waals surface area contributed by atoms with Gasteiger partial charge in [0.2, 0.25) is 0 Å². The van der Waals surface area contributed by atoms with Crippen LogP contribution in [0.25, 0.3) is 0 Å². The number of ether oxygens (including phenoxy) is 4. The maximum atomic E-state index is 13.2. The molecule has 0 amide bonds. The van der Waals surface area contributed by atoms with Crippen molar-refractivity contribution in [1.82, 2.24) is 0 Å². The molecule has 0 unspecified atom stereocenters. The molecule has 0 saturated carbocycles. The van der Waals surface area contributed by atoms with Crippen molar-refractivity contribution in [3.63, 3.8) is 0 Å². The Morgan fingerprint density at radius 1 is 0.737 bits per heavy atom. The highest BCUT2D eigenvalue weighted by atomic mass is 32.2. The average molecular weight is 541 g/mol. The zero-order valence-electron chi connectivity index (χ0n) is 21.1. The topological polar surface area (TPSA) is 114 Å². The lowest BCUT2D eigenvalue weighted by molar-refractivity contribution is -0.279. The van der Waals surface area contributed by atoms with E-state index in [9.17, 15) is 18.0 Å². The summed E-state index contributed by atoms with van der Waals surface area (Å²) in [6, 6.07) is 22.4. The van der Waals surface area contributed by atoms with Crippen molar-refractivity contribution in [2.75, 3.05) is 7.11 Å². The van der Waals surface area contributed by atoms with Gasteiger partial charge in [0.05, 0.1) is 22.1 Å². The van der Waals surface area contributed by atoms with Crippen LogP contribution in [0.2, 0.25) is 0 Å². The molecule has 0 aliphatic carbocycles. The molecule has 0 aromatic heterocycles. The Balaban J connectivity index is 1.70. The first-order valence-electron chi connectivity index (χ1n) is 11.9. The maximum Gasteiger partial charge on any atom is 0.338 e. The summed E-state index contributed by atoms with van der Waals surface area (Å²) in [7, 11) is -2.99. The van der Waals surface area contributed by atoms with Crippen LogP contribution in [-0.4, -0.2) is 58.2 Å². The van der Waals surface area contributed by atoms with Crippen molar-refractivity contribution in [3.05, 3.63) is 102 Å². The van der Waals surface area contributed by atoms with Gasteiger partial charge in [0.25, 0.3) is 10.1 Å². The Morgan fingerprint density at radius 3 is 1.74 bits per heavy atom. The van der Waals surface area contributed by atoms with Crippen LogP contribution in [0.5, 0.6) is 0 Å². The number of carbonyl (C=O) groups excluding carboxylic acids is 2. The largest absolute Gasteiger partial charge is 0.452 e. The van der Waals surface area contributed by atoms with E-state index in [1.165, 1.54) is 19.2 Å².